The van der Waals surface area contributed by atoms with E-state index in [0.29, 0.717) is 5.58 Å². The van der Waals surface area contributed by atoms with Crippen LogP contribution in [0.1, 0.15) is 0 Å². The van der Waals surface area contributed by atoms with Crippen molar-refractivity contribution in [2.75, 3.05) is 0 Å². The third kappa shape index (κ3) is 2.29. The SMILES string of the molecule is c1ccc(-c2ccccc2-c2ccc3oc4cncnc4c3c2)cc1. The van der Waals surface area contributed by atoms with Gasteiger partial charge in [-0.05, 0) is 34.4 Å². The minimum Gasteiger partial charge on any atom is -0.453 e. The van der Waals surface area contributed by atoms with E-state index in [-0.39, 0.29) is 0 Å². The smallest absolute Gasteiger partial charge is 0.172 e. The second-order valence-electron chi connectivity index (χ2n) is 5.96. The van der Waals surface area contributed by atoms with E-state index >= 15 is 0 Å². The number of benzene rings is 3. The van der Waals surface area contributed by atoms with Crippen molar-refractivity contribution >= 4 is 22.1 Å². The molecule has 0 bridgehead atoms. The van der Waals surface area contributed by atoms with Crippen LogP contribution in [-0.2, 0) is 0 Å². The number of rotatable bonds is 2. The quantitative estimate of drug-likeness (QED) is 0.418. The monoisotopic (exact) mass is 322 g/mol. The zero-order chi connectivity index (χ0) is 16.6. The molecule has 118 valence electrons. The van der Waals surface area contributed by atoms with Gasteiger partial charge in [0.25, 0.3) is 0 Å². The molecule has 0 amide bonds. The summed E-state index contributed by atoms with van der Waals surface area (Å²) in [6.45, 7) is 0. The molecule has 0 N–H and O–H groups in total. The Morgan fingerprint density at radius 1 is 0.680 bits per heavy atom. The lowest BCUT2D eigenvalue weighted by molar-refractivity contribution is 0.665. The van der Waals surface area contributed by atoms with Gasteiger partial charge in [0.15, 0.2) is 5.58 Å². The molecule has 3 heteroatoms. The Hall–Kier alpha value is -3.46. The minimum absolute atomic E-state index is 0.714. The van der Waals surface area contributed by atoms with Crippen molar-refractivity contribution in [3.05, 3.63) is 85.3 Å². The molecule has 5 rings (SSSR count). The van der Waals surface area contributed by atoms with Gasteiger partial charge in [-0.1, -0.05) is 60.7 Å². The first-order valence-electron chi connectivity index (χ1n) is 8.17. The highest BCUT2D eigenvalue weighted by Gasteiger charge is 2.11. The highest BCUT2D eigenvalue weighted by molar-refractivity contribution is 6.04. The van der Waals surface area contributed by atoms with Gasteiger partial charge < -0.3 is 4.42 Å². The van der Waals surface area contributed by atoms with Crippen LogP contribution in [0.25, 0.3) is 44.3 Å². The summed E-state index contributed by atoms with van der Waals surface area (Å²) in [5.41, 5.74) is 7.15. The summed E-state index contributed by atoms with van der Waals surface area (Å²) in [4.78, 5) is 8.42. The third-order valence-electron chi connectivity index (χ3n) is 4.46. The van der Waals surface area contributed by atoms with E-state index in [1.165, 1.54) is 16.7 Å². The Kier molecular flexibility index (Phi) is 3.10. The maximum atomic E-state index is 5.83. The molecule has 2 heterocycles. The first kappa shape index (κ1) is 13.9. The zero-order valence-corrected chi connectivity index (χ0v) is 13.4. The van der Waals surface area contributed by atoms with Gasteiger partial charge in [0.2, 0.25) is 0 Å². The highest BCUT2D eigenvalue weighted by atomic mass is 16.3. The van der Waals surface area contributed by atoms with E-state index in [0.717, 1.165) is 22.0 Å². The van der Waals surface area contributed by atoms with Crippen LogP contribution < -0.4 is 0 Å². The number of aromatic nitrogens is 2. The molecule has 5 aromatic rings. The fraction of sp³-hybridized carbons (Fsp3) is 0. The van der Waals surface area contributed by atoms with Gasteiger partial charge in [0.05, 0.1) is 6.20 Å². The van der Waals surface area contributed by atoms with Crippen LogP contribution in [0, 0.1) is 0 Å². The zero-order valence-electron chi connectivity index (χ0n) is 13.4. The van der Waals surface area contributed by atoms with E-state index in [9.17, 15) is 0 Å². The van der Waals surface area contributed by atoms with E-state index in [4.69, 9.17) is 4.42 Å². The Morgan fingerprint density at radius 2 is 1.44 bits per heavy atom. The Balaban J connectivity index is 1.75. The Bertz CT molecular complexity index is 1190. The Morgan fingerprint density at radius 3 is 2.28 bits per heavy atom. The predicted molar refractivity (Wildman–Crippen MR) is 100 cm³/mol. The van der Waals surface area contributed by atoms with Crippen LogP contribution in [-0.4, -0.2) is 9.97 Å². The van der Waals surface area contributed by atoms with Crippen molar-refractivity contribution in [2.45, 2.75) is 0 Å². The van der Waals surface area contributed by atoms with Crippen molar-refractivity contribution in [1.82, 2.24) is 9.97 Å². The predicted octanol–water partition coefficient (Wildman–Crippen LogP) is 5.71. The molecule has 0 unspecified atom stereocenters. The van der Waals surface area contributed by atoms with Gasteiger partial charge in [0, 0.05) is 5.39 Å². The summed E-state index contributed by atoms with van der Waals surface area (Å²) in [5, 5.41) is 1.01. The van der Waals surface area contributed by atoms with Crippen molar-refractivity contribution in [2.24, 2.45) is 0 Å². The van der Waals surface area contributed by atoms with Crippen molar-refractivity contribution < 1.29 is 4.42 Å². The topological polar surface area (TPSA) is 38.9 Å². The molecular weight excluding hydrogens is 308 g/mol. The van der Waals surface area contributed by atoms with Crippen LogP contribution in [0.5, 0.6) is 0 Å². The molecular formula is C22H14N2O. The summed E-state index contributed by atoms with van der Waals surface area (Å²) < 4.78 is 5.83. The summed E-state index contributed by atoms with van der Waals surface area (Å²) >= 11 is 0. The second-order valence-corrected chi connectivity index (χ2v) is 5.96. The molecule has 0 aliphatic rings. The van der Waals surface area contributed by atoms with Crippen LogP contribution in [0.2, 0.25) is 0 Å². The third-order valence-corrected chi connectivity index (χ3v) is 4.46. The number of nitrogens with zero attached hydrogens (tertiary/aromatic N) is 2. The second kappa shape index (κ2) is 5.56. The number of hydrogen-bond donors (Lipinski definition) is 0. The maximum absolute atomic E-state index is 5.83. The number of hydrogen-bond acceptors (Lipinski definition) is 3. The van der Waals surface area contributed by atoms with E-state index in [1.54, 1.807) is 12.5 Å². The summed E-state index contributed by atoms with van der Waals surface area (Å²) in [5.74, 6) is 0. The lowest BCUT2D eigenvalue weighted by atomic mass is 9.94. The fourth-order valence-corrected chi connectivity index (χ4v) is 3.29. The van der Waals surface area contributed by atoms with Gasteiger partial charge in [-0.3, -0.25) is 0 Å². The molecule has 2 aromatic heterocycles. The summed E-state index contributed by atoms with van der Waals surface area (Å²) in [6, 6.07) is 25.2. The van der Waals surface area contributed by atoms with Crippen LogP contribution in [0.4, 0.5) is 0 Å². The molecule has 3 nitrogen and oxygen atoms in total. The van der Waals surface area contributed by atoms with Crippen LogP contribution in [0.15, 0.2) is 89.7 Å². The van der Waals surface area contributed by atoms with Crippen molar-refractivity contribution in [3.8, 4) is 22.3 Å². The maximum Gasteiger partial charge on any atom is 0.172 e. The lowest BCUT2D eigenvalue weighted by Gasteiger charge is -2.10. The Labute approximate surface area is 144 Å². The molecule has 25 heavy (non-hydrogen) atoms. The standard InChI is InChI=1S/C22H14N2O/c1-2-6-15(7-3-1)17-8-4-5-9-18(17)16-10-11-20-19(12-16)22-21(25-20)13-23-14-24-22/h1-14H. The van der Waals surface area contributed by atoms with Gasteiger partial charge in [-0.25, -0.2) is 9.97 Å². The van der Waals surface area contributed by atoms with Crippen LogP contribution >= 0.6 is 0 Å². The molecule has 0 fully saturated rings. The minimum atomic E-state index is 0.714. The highest BCUT2D eigenvalue weighted by Crippen LogP contribution is 2.35. The van der Waals surface area contributed by atoms with E-state index in [2.05, 4.69) is 70.6 Å². The largest absolute Gasteiger partial charge is 0.453 e. The molecule has 3 aromatic carbocycles. The average Bonchev–Trinajstić information content (AvgIpc) is 3.06. The molecule has 0 radical (unpaired) electrons. The number of furan rings is 1. The first-order valence-corrected chi connectivity index (χ1v) is 8.17. The van der Waals surface area contributed by atoms with Gasteiger partial charge in [-0.2, -0.15) is 0 Å². The lowest BCUT2D eigenvalue weighted by Crippen LogP contribution is -1.85. The fourth-order valence-electron chi connectivity index (χ4n) is 3.29. The van der Waals surface area contributed by atoms with Gasteiger partial charge in [0.1, 0.15) is 17.4 Å². The van der Waals surface area contributed by atoms with Crippen molar-refractivity contribution in [1.29, 1.82) is 0 Å². The van der Waals surface area contributed by atoms with Gasteiger partial charge in [-0.15, -0.1) is 0 Å². The van der Waals surface area contributed by atoms with E-state index in [1.807, 2.05) is 12.1 Å². The molecule has 0 aliphatic carbocycles. The normalized spacial score (nSPS) is 11.2. The first-order chi connectivity index (χ1) is 12.4. The molecule has 0 atom stereocenters. The number of fused-ring (bicyclic) bond motifs is 3. The molecule has 0 spiro atoms. The van der Waals surface area contributed by atoms with Crippen molar-refractivity contribution in [3.63, 3.8) is 0 Å². The van der Waals surface area contributed by atoms with Crippen LogP contribution in [0.3, 0.4) is 0 Å². The molecule has 0 saturated heterocycles. The van der Waals surface area contributed by atoms with Gasteiger partial charge >= 0.3 is 0 Å². The summed E-state index contributed by atoms with van der Waals surface area (Å²) in [6.07, 6.45) is 3.27. The average molecular weight is 322 g/mol. The van der Waals surface area contributed by atoms with E-state index < -0.39 is 0 Å². The summed E-state index contributed by atoms with van der Waals surface area (Å²) in [7, 11) is 0. The molecule has 0 saturated carbocycles. The molecule has 0 aliphatic heterocycles.